The monoisotopic (exact) mass is 483 g/mol. The first-order valence-corrected chi connectivity index (χ1v) is 9.90. The number of alkyl halides is 3. The molecule has 4 N–H and O–H groups in total. The molecule has 0 aliphatic carbocycles. The van der Waals surface area contributed by atoms with E-state index in [0.29, 0.717) is 17.6 Å². The van der Waals surface area contributed by atoms with Gasteiger partial charge in [-0.1, -0.05) is 0 Å². The minimum absolute atomic E-state index is 0.0151. The van der Waals surface area contributed by atoms with Crippen molar-refractivity contribution in [3.05, 3.63) is 47.7 Å². The first-order valence-electron chi connectivity index (χ1n) is 9.13. The van der Waals surface area contributed by atoms with Crippen LogP contribution in [0.5, 0.6) is 5.88 Å². The summed E-state index contributed by atoms with van der Waals surface area (Å²) >= 11 is 0.940. The average molecular weight is 483 g/mol. The van der Waals surface area contributed by atoms with Gasteiger partial charge in [0, 0.05) is 6.07 Å². The second-order valence-electron chi connectivity index (χ2n) is 6.30. The van der Waals surface area contributed by atoms with Crippen molar-refractivity contribution in [2.45, 2.75) is 13.1 Å². The molecule has 0 aliphatic heterocycles. The van der Waals surface area contributed by atoms with E-state index in [-0.39, 0.29) is 35.4 Å². The van der Waals surface area contributed by atoms with Crippen LogP contribution in [0.4, 0.5) is 34.5 Å². The summed E-state index contributed by atoms with van der Waals surface area (Å²) in [6.07, 6.45) is -2.93. The van der Waals surface area contributed by atoms with Gasteiger partial charge in [-0.3, -0.25) is 4.79 Å². The Morgan fingerprint density at radius 2 is 1.94 bits per heavy atom. The lowest BCUT2D eigenvalue weighted by atomic mass is 10.2. The zero-order valence-electron chi connectivity index (χ0n) is 16.8. The van der Waals surface area contributed by atoms with Crippen molar-refractivity contribution in [2.75, 3.05) is 23.8 Å². The van der Waals surface area contributed by atoms with Gasteiger partial charge in [0.05, 0.1) is 42.1 Å². The van der Waals surface area contributed by atoms with Crippen molar-refractivity contribution in [2.24, 2.45) is 0 Å². The van der Waals surface area contributed by atoms with Crippen LogP contribution in [0, 0.1) is 6.92 Å². The van der Waals surface area contributed by atoms with E-state index in [1.54, 1.807) is 6.92 Å². The third kappa shape index (κ3) is 6.49. The molecule has 0 aliphatic rings. The Labute approximate surface area is 188 Å². The summed E-state index contributed by atoms with van der Waals surface area (Å²) in [5.41, 5.74) is -0.202. The van der Waals surface area contributed by atoms with E-state index >= 15 is 0 Å². The number of rotatable bonds is 8. The number of nitrogens with zero attached hydrogens (tertiary/aromatic N) is 4. The zero-order chi connectivity index (χ0) is 24.0. The normalized spacial score (nSPS) is 11.0. The van der Waals surface area contributed by atoms with E-state index in [9.17, 15) is 22.8 Å². The first-order chi connectivity index (χ1) is 15.6. The van der Waals surface area contributed by atoms with Gasteiger partial charge in [0.25, 0.3) is 5.91 Å². The number of anilines is 3. The Morgan fingerprint density at radius 1 is 1.15 bits per heavy atom. The van der Waals surface area contributed by atoms with E-state index in [2.05, 4.69) is 35.3 Å². The number of carboxylic acid groups (broad SMARTS) is 1. The summed E-state index contributed by atoms with van der Waals surface area (Å²) in [5, 5.41) is 16.3. The maximum Gasteiger partial charge on any atom is 0.434 e. The molecule has 0 radical (unpaired) electrons. The van der Waals surface area contributed by atoms with E-state index in [1.807, 2.05) is 0 Å². The summed E-state index contributed by atoms with van der Waals surface area (Å²) in [4.78, 5) is 34.2. The molecule has 0 spiro atoms. The Bertz CT molecular complexity index is 1120. The third-order valence-electron chi connectivity index (χ3n) is 3.90. The molecule has 0 fully saturated rings. The number of hydrogen-bond donors (Lipinski definition) is 4. The largest absolute Gasteiger partial charge is 0.476 e. The van der Waals surface area contributed by atoms with Gasteiger partial charge in [0.2, 0.25) is 5.88 Å². The van der Waals surface area contributed by atoms with Crippen molar-refractivity contribution in [3.63, 3.8) is 0 Å². The molecule has 0 atom stereocenters. The van der Waals surface area contributed by atoms with Gasteiger partial charge in [-0.05, 0) is 24.5 Å². The van der Waals surface area contributed by atoms with Gasteiger partial charge in [-0.2, -0.15) is 17.5 Å². The highest BCUT2D eigenvalue weighted by Gasteiger charge is 2.32. The fraction of sp³-hybridized carbons (Fsp3) is 0.222. The zero-order valence-corrected chi connectivity index (χ0v) is 17.6. The molecule has 0 saturated carbocycles. The van der Waals surface area contributed by atoms with Gasteiger partial charge in [0.1, 0.15) is 17.4 Å². The maximum atomic E-state index is 12.8. The minimum Gasteiger partial charge on any atom is -0.476 e. The van der Waals surface area contributed by atoms with E-state index in [4.69, 9.17) is 9.84 Å². The number of hydrogen-bond acceptors (Lipinski definition) is 9. The first kappa shape index (κ1) is 23.6. The lowest BCUT2D eigenvalue weighted by molar-refractivity contribution is -0.141. The molecular weight excluding hydrogens is 467 g/mol. The SMILES string of the molecule is Cc1nsc(Nc2cnc(C(F)(F)F)cn2)c1C(=O)Nc1ccc(OCCNC(=O)O)nc1. The van der Waals surface area contributed by atoms with Crippen molar-refractivity contribution < 1.29 is 32.6 Å². The highest BCUT2D eigenvalue weighted by atomic mass is 32.1. The van der Waals surface area contributed by atoms with Crippen LogP contribution in [0.1, 0.15) is 21.7 Å². The van der Waals surface area contributed by atoms with Crippen molar-refractivity contribution in [1.82, 2.24) is 24.6 Å². The van der Waals surface area contributed by atoms with Gasteiger partial charge in [-0.25, -0.2) is 19.7 Å². The fourth-order valence-electron chi connectivity index (χ4n) is 2.42. The lowest BCUT2D eigenvalue weighted by Gasteiger charge is -2.10. The number of aromatic nitrogens is 4. The Morgan fingerprint density at radius 3 is 2.55 bits per heavy atom. The molecule has 33 heavy (non-hydrogen) atoms. The Balaban J connectivity index is 1.64. The number of pyridine rings is 1. The van der Waals surface area contributed by atoms with Crippen LogP contribution in [0.15, 0.2) is 30.7 Å². The molecule has 0 unspecified atom stereocenters. The second kappa shape index (κ2) is 10.1. The van der Waals surface area contributed by atoms with E-state index < -0.39 is 23.9 Å². The van der Waals surface area contributed by atoms with Crippen LogP contribution >= 0.6 is 11.5 Å². The van der Waals surface area contributed by atoms with Gasteiger partial charge in [-0.15, -0.1) is 0 Å². The van der Waals surface area contributed by atoms with Gasteiger partial charge in [0.15, 0.2) is 5.69 Å². The number of halogens is 3. The summed E-state index contributed by atoms with van der Waals surface area (Å²) in [5.74, 6) is -0.275. The standard InChI is InChI=1S/C18H16F3N7O4S/c1-9-14(16(33-28-9)27-12-8-23-11(7-24-12)18(19,20)21)15(29)26-10-2-3-13(25-6-10)32-5-4-22-17(30)31/h2-3,6-8,22H,4-5H2,1H3,(H,24,27)(H,26,29)(H,30,31). The van der Waals surface area contributed by atoms with Crippen molar-refractivity contribution in [1.29, 1.82) is 0 Å². The Hall–Kier alpha value is -4.01. The molecule has 11 nitrogen and oxygen atoms in total. The van der Waals surface area contributed by atoms with E-state index in [1.165, 1.54) is 18.3 Å². The van der Waals surface area contributed by atoms with Crippen molar-refractivity contribution >= 4 is 40.0 Å². The summed E-state index contributed by atoms with van der Waals surface area (Å²) in [7, 11) is 0. The molecule has 0 aromatic carbocycles. The smallest absolute Gasteiger partial charge is 0.434 e. The number of ether oxygens (including phenoxy) is 1. The highest BCUT2D eigenvalue weighted by Crippen LogP contribution is 2.30. The van der Waals surface area contributed by atoms with Crippen LogP contribution < -0.4 is 20.7 Å². The van der Waals surface area contributed by atoms with Gasteiger partial charge < -0.3 is 25.8 Å². The molecular formula is C18H16F3N7O4S. The summed E-state index contributed by atoms with van der Waals surface area (Å²) < 4.78 is 47.3. The van der Waals surface area contributed by atoms with Crippen LogP contribution in [-0.2, 0) is 6.18 Å². The number of carbonyl (C=O) groups is 2. The van der Waals surface area contributed by atoms with Gasteiger partial charge >= 0.3 is 12.3 Å². The molecule has 3 aromatic rings. The molecule has 3 rings (SSSR count). The number of aryl methyl sites for hydroxylation is 1. The molecule has 3 heterocycles. The van der Waals surface area contributed by atoms with Crippen LogP contribution in [-0.4, -0.2) is 49.6 Å². The number of nitrogens with one attached hydrogen (secondary N) is 3. The molecule has 0 saturated heterocycles. The molecule has 174 valence electrons. The maximum absolute atomic E-state index is 12.8. The van der Waals surface area contributed by atoms with Crippen LogP contribution in [0.25, 0.3) is 0 Å². The predicted octanol–water partition coefficient (Wildman–Crippen LogP) is 3.30. The second-order valence-corrected chi connectivity index (χ2v) is 7.07. The third-order valence-corrected chi connectivity index (χ3v) is 4.75. The molecule has 0 bridgehead atoms. The number of carbonyl (C=O) groups excluding carboxylic acids is 1. The van der Waals surface area contributed by atoms with E-state index in [0.717, 1.165) is 17.7 Å². The molecule has 15 heteroatoms. The fourth-order valence-corrected chi connectivity index (χ4v) is 3.23. The van der Waals surface area contributed by atoms with Crippen LogP contribution in [0.3, 0.4) is 0 Å². The lowest BCUT2D eigenvalue weighted by Crippen LogP contribution is -2.26. The number of amides is 2. The summed E-state index contributed by atoms with van der Waals surface area (Å²) in [6.45, 7) is 1.76. The topological polar surface area (TPSA) is 151 Å². The minimum atomic E-state index is -4.61. The highest BCUT2D eigenvalue weighted by molar-refractivity contribution is 7.10. The molecule has 3 aromatic heterocycles. The predicted molar refractivity (Wildman–Crippen MR) is 111 cm³/mol. The van der Waals surface area contributed by atoms with Crippen molar-refractivity contribution in [3.8, 4) is 5.88 Å². The summed E-state index contributed by atoms with van der Waals surface area (Å²) in [6, 6.07) is 3.03. The quantitative estimate of drug-likeness (QED) is 0.354. The Kier molecular flexibility index (Phi) is 7.22. The average Bonchev–Trinajstić information content (AvgIpc) is 3.12. The molecule has 2 amide bonds. The van der Waals surface area contributed by atoms with Crippen LogP contribution in [0.2, 0.25) is 0 Å².